The third-order valence-corrected chi connectivity index (χ3v) is 7.62. The minimum Gasteiger partial charge on any atom is -0.463 e. The van der Waals surface area contributed by atoms with Crippen molar-refractivity contribution in [1.29, 1.82) is 0 Å². The van der Waals surface area contributed by atoms with Gasteiger partial charge < -0.3 is 10.1 Å². The summed E-state index contributed by atoms with van der Waals surface area (Å²) in [5.74, 6) is -0.643. The minimum atomic E-state index is -4.61. The molecule has 0 bridgehead atoms. The van der Waals surface area contributed by atoms with Crippen LogP contribution in [-0.2, 0) is 19.0 Å². The highest BCUT2D eigenvalue weighted by Gasteiger charge is 2.42. The van der Waals surface area contributed by atoms with E-state index in [1.54, 1.807) is 11.3 Å². The molecule has 0 saturated carbocycles. The van der Waals surface area contributed by atoms with Gasteiger partial charge in [0.05, 0.1) is 12.3 Å². The molecular formula is C21H24ClF3N6OS. The van der Waals surface area contributed by atoms with E-state index in [0.29, 0.717) is 18.5 Å². The van der Waals surface area contributed by atoms with Gasteiger partial charge in [-0.05, 0) is 31.9 Å². The van der Waals surface area contributed by atoms with Gasteiger partial charge in [-0.15, -0.1) is 21.5 Å². The number of nitrogens with one attached hydrogen (secondary N) is 1. The van der Waals surface area contributed by atoms with Crippen LogP contribution in [0, 0.1) is 5.92 Å². The summed E-state index contributed by atoms with van der Waals surface area (Å²) in [6.07, 6.45) is -1.08. The van der Waals surface area contributed by atoms with Gasteiger partial charge in [0.1, 0.15) is 16.2 Å². The molecule has 5 heterocycles. The maximum absolute atomic E-state index is 13.3. The van der Waals surface area contributed by atoms with E-state index < -0.39 is 17.5 Å². The molecule has 3 aromatic rings. The van der Waals surface area contributed by atoms with Crippen molar-refractivity contribution in [3.63, 3.8) is 0 Å². The number of ether oxygens (including phenoxy) is 1. The maximum Gasteiger partial charge on any atom is 0.451 e. The summed E-state index contributed by atoms with van der Waals surface area (Å²) >= 11 is 8.05. The van der Waals surface area contributed by atoms with Crippen molar-refractivity contribution in [1.82, 2.24) is 30.0 Å². The highest BCUT2D eigenvalue weighted by Crippen LogP contribution is 2.43. The van der Waals surface area contributed by atoms with Gasteiger partial charge in [0.2, 0.25) is 5.82 Å². The number of aryl methyl sites for hydroxylation is 1. The first kappa shape index (κ1) is 22.8. The quantitative estimate of drug-likeness (QED) is 0.494. The van der Waals surface area contributed by atoms with E-state index in [9.17, 15) is 13.2 Å². The van der Waals surface area contributed by atoms with E-state index in [4.69, 9.17) is 21.3 Å². The van der Waals surface area contributed by atoms with Gasteiger partial charge in [-0.3, -0.25) is 4.57 Å². The number of nitrogens with zero attached hydrogens (tertiary/aromatic N) is 5. The number of thiophene rings is 1. The molecule has 0 aromatic carbocycles. The topological polar surface area (TPSA) is 77.8 Å². The van der Waals surface area contributed by atoms with Gasteiger partial charge in [0, 0.05) is 35.1 Å². The molecule has 0 amide bonds. The first-order valence-corrected chi connectivity index (χ1v) is 12.4. The van der Waals surface area contributed by atoms with Crippen LogP contribution in [0.3, 0.4) is 0 Å². The molecule has 1 N–H and O–H groups in total. The van der Waals surface area contributed by atoms with Gasteiger partial charge in [0.25, 0.3) is 0 Å². The molecule has 12 heteroatoms. The Kier molecular flexibility index (Phi) is 6.21. The fraction of sp³-hybridized carbons (Fsp3) is 0.619. The SMILES string of the molecule is CCCc1cc2c(C3Cc4nnc(C(F)(F)F)n4C(Cl)C3)nc(OC[C@H]3CCNC3)nc2s1. The lowest BCUT2D eigenvalue weighted by Crippen LogP contribution is -2.25. The largest absolute Gasteiger partial charge is 0.463 e. The predicted octanol–water partition coefficient (Wildman–Crippen LogP) is 4.71. The van der Waals surface area contributed by atoms with Crippen molar-refractivity contribution in [3.05, 3.63) is 28.3 Å². The van der Waals surface area contributed by atoms with E-state index in [2.05, 4.69) is 33.5 Å². The highest BCUT2D eigenvalue weighted by molar-refractivity contribution is 7.18. The molecule has 178 valence electrons. The lowest BCUT2D eigenvalue weighted by Gasteiger charge is -2.28. The predicted molar refractivity (Wildman–Crippen MR) is 119 cm³/mol. The standard InChI is InChI=1S/C21H24ClF3N6OS/c1-2-3-13-8-14-17(27-20(28-18(14)33-13)32-10-11-4-5-26-9-11)12-6-15(22)31-16(7-12)29-30-19(31)21(23,24)25/h8,11-12,15,26H,2-7,9-10H2,1H3/t11-,12?,15?/m0/s1. The van der Waals surface area contributed by atoms with E-state index in [1.807, 2.05) is 0 Å². The molecule has 0 spiro atoms. The summed E-state index contributed by atoms with van der Waals surface area (Å²) < 4.78 is 47.0. The summed E-state index contributed by atoms with van der Waals surface area (Å²) in [7, 11) is 0. The number of rotatable bonds is 6. The lowest BCUT2D eigenvalue weighted by atomic mass is 9.92. The molecule has 1 fully saturated rings. The molecule has 0 radical (unpaired) electrons. The summed E-state index contributed by atoms with van der Waals surface area (Å²) in [5, 5.41) is 11.4. The summed E-state index contributed by atoms with van der Waals surface area (Å²) in [6, 6.07) is 2.40. The van der Waals surface area contributed by atoms with Crippen molar-refractivity contribution in [2.45, 2.75) is 56.6 Å². The molecule has 2 aliphatic heterocycles. The molecule has 2 unspecified atom stereocenters. The Morgan fingerprint density at radius 1 is 1.30 bits per heavy atom. The Labute approximate surface area is 197 Å². The van der Waals surface area contributed by atoms with E-state index in [0.717, 1.165) is 52.8 Å². The molecule has 5 rings (SSSR count). The van der Waals surface area contributed by atoms with E-state index in [1.165, 1.54) is 4.88 Å². The molecule has 2 aliphatic rings. The number of alkyl halides is 4. The number of fused-ring (bicyclic) bond motifs is 2. The Balaban J connectivity index is 1.49. The van der Waals surface area contributed by atoms with Crippen molar-refractivity contribution in [2.24, 2.45) is 5.92 Å². The molecular weight excluding hydrogens is 477 g/mol. The van der Waals surface area contributed by atoms with Crippen molar-refractivity contribution < 1.29 is 17.9 Å². The molecule has 3 aromatic heterocycles. The minimum absolute atomic E-state index is 0.213. The number of hydrogen-bond acceptors (Lipinski definition) is 7. The first-order valence-electron chi connectivity index (χ1n) is 11.1. The molecule has 0 aliphatic carbocycles. The van der Waals surface area contributed by atoms with Gasteiger partial charge >= 0.3 is 12.2 Å². The van der Waals surface area contributed by atoms with Crippen LogP contribution >= 0.6 is 22.9 Å². The van der Waals surface area contributed by atoms with Crippen LogP contribution in [0.25, 0.3) is 10.2 Å². The van der Waals surface area contributed by atoms with Crippen LogP contribution in [0.5, 0.6) is 6.01 Å². The van der Waals surface area contributed by atoms with Crippen LogP contribution in [0.2, 0.25) is 0 Å². The second-order valence-electron chi connectivity index (χ2n) is 8.62. The van der Waals surface area contributed by atoms with Crippen molar-refractivity contribution in [2.75, 3.05) is 19.7 Å². The second-order valence-corrected chi connectivity index (χ2v) is 10.2. The Morgan fingerprint density at radius 3 is 2.88 bits per heavy atom. The monoisotopic (exact) mass is 500 g/mol. The van der Waals surface area contributed by atoms with Crippen molar-refractivity contribution in [3.8, 4) is 6.01 Å². The third kappa shape index (κ3) is 4.54. The average Bonchev–Trinajstić information content (AvgIpc) is 3.50. The molecule has 7 nitrogen and oxygen atoms in total. The second kappa shape index (κ2) is 8.99. The van der Waals surface area contributed by atoms with E-state index >= 15 is 0 Å². The van der Waals surface area contributed by atoms with Crippen LogP contribution < -0.4 is 10.1 Å². The highest BCUT2D eigenvalue weighted by atomic mass is 35.5. The van der Waals surface area contributed by atoms with Gasteiger partial charge in [-0.25, -0.2) is 0 Å². The zero-order valence-electron chi connectivity index (χ0n) is 18.0. The average molecular weight is 501 g/mol. The fourth-order valence-electron chi connectivity index (χ4n) is 4.57. The van der Waals surface area contributed by atoms with Crippen LogP contribution in [-0.4, -0.2) is 44.4 Å². The number of aromatic nitrogens is 5. The smallest absolute Gasteiger partial charge is 0.451 e. The summed E-state index contributed by atoms with van der Waals surface area (Å²) in [5.41, 5.74) is -0.162. The first-order chi connectivity index (χ1) is 15.8. The summed E-state index contributed by atoms with van der Waals surface area (Å²) in [4.78, 5) is 11.4. The fourth-order valence-corrected chi connectivity index (χ4v) is 6.12. The summed E-state index contributed by atoms with van der Waals surface area (Å²) in [6.45, 7) is 4.52. The molecule has 1 saturated heterocycles. The van der Waals surface area contributed by atoms with Crippen LogP contribution in [0.1, 0.15) is 59.8 Å². The lowest BCUT2D eigenvalue weighted by molar-refractivity contribution is -0.147. The number of hydrogen-bond donors (Lipinski definition) is 1. The molecule has 3 atom stereocenters. The Morgan fingerprint density at radius 2 is 2.15 bits per heavy atom. The maximum atomic E-state index is 13.3. The van der Waals surface area contributed by atoms with Crippen LogP contribution in [0.4, 0.5) is 13.2 Å². The van der Waals surface area contributed by atoms with Gasteiger partial charge in [0.15, 0.2) is 0 Å². The van der Waals surface area contributed by atoms with E-state index in [-0.39, 0.29) is 24.6 Å². The number of halogens is 4. The normalized spacial score (nSPS) is 23.2. The van der Waals surface area contributed by atoms with Gasteiger partial charge in [-0.1, -0.05) is 24.9 Å². The van der Waals surface area contributed by atoms with Crippen LogP contribution in [0.15, 0.2) is 6.07 Å². The van der Waals surface area contributed by atoms with Gasteiger partial charge in [-0.2, -0.15) is 23.1 Å². The Bertz CT molecular complexity index is 1140. The molecule has 33 heavy (non-hydrogen) atoms. The van der Waals surface area contributed by atoms with Crippen molar-refractivity contribution >= 4 is 33.2 Å². The third-order valence-electron chi connectivity index (χ3n) is 6.15. The Hall–Kier alpha value is -1.98. The zero-order valence-corrected chi connectivity index (χ0v) is 19.6. The zero-order chi connectivity index (χ0) is 23.2.